The first-order valence-corrected chi connectivity index (χ1v) is 9.66. The smallest absolute Gasteiger partial charge is 0.153 e. The van der Waals surface area contributed by atoms with E-state index in [9.17, 15) is 4.39 Å². The Hall–Kier alpha value is -1.96. The van der Waals surface area contributed by atoms with E-state index in [1.807, 2.05) is 19.3 Å². The Kier molecular flexibility index (Phi) is 4.18. The van der Waals surface area contributed by atoms with Gasteiger partial charge >= 0.3 is 0 Å². The fourth-order valence-corrected chi connectivity index (χ4v) is 4.46. The first-order chi connectivity index (χ1) is 13.1. The molecule has 0 unspecified atom stereocenters. The van der Waals surface area contributed by atoms with Gasteiger partial charge in [-0.2, -0.15) is 10.2 Å². The maximum atomic E-state index is 15.0. The molecule has 0 aliphatic carbocycles. The molecule has 1 aromatic carbocycles. The van der Waals surface area contributed by atoms with Gasteiger partial charge in [-0.15, -0.1) is 0 Å². The number of ether oxygens (including phenoxy) is 1. The molecule has 0 N–H and O–H groups in total. The van der Waals surface area contributed by atoms with Crippen LogP contribution in [-0.2, 0) is 11.8 Å². The molecule has 2 aromatic heterocycles. The first kappa shape index (κ1) is 17.2. The van der Waals surface area contributed by atoms with Crippen LogP contribution in [0.1, 0.15) is 24.3 Å². The number of aryl methyl sites for hydroxylation is 1. The summed E-state index contributed by atoms with van der Waals surface area (Å²) in [5, 5.41) is 9.23. The summed E-state index contributed by atoms with van der Waals surface area (Å²) in [6.45, 7) is 3.65. The zero-order valence-corrected chi connectivity index (χ0v) is 15.9. The molecule has 3 aromatic rings. The molecule has 2 fully saturated rings. The summed E-state index contributed by atoms with van der Waals surface area (Å²) >= 11 is 6.44. The Bertz CT molecular complexity index is 988. The number of aromatic nitrogens is 4. The summed E-state index contributed by atoms with van der Waals surface area (Å²) in [6.07, 6.45) is 7.06. The van der Waals surface area contributed by atoms with E-state index >= 15 is 0 Å². The molecule has 0 bridgehead atoms. The van der Waals surface area contributed by atoms with Gasteiger partial charge in [-0.25, -0.2) is 9.07 Å². The molecule has 6 nitrogen and oxygen atoms in total. The molecule has 0 radical (unpaired) electrons. The average Bonchev–Trinajstić information content (AvgIpc) is 3.23. The van der Waals surface area contributed by atoms with E-state index in [-0.39, 0.29) is 16.8 Å². The maximum absolute atomic E-state index is 15.0. The molecular formula is C19H21ClFN5O. The monoisotopic (exact) mass is 389 g/mol. The summed E-state index contributed by atoms with van der Waals surface area (Å²) in [5.74, 6) is -0.125. The highest BCUT2D eigenvalue weighted by atomic mass is 35.5. The van der Waals surface area contributed by atoms with Gasteiger partial charge in [-0.05, 0) is 43.5 Å². The average molecular weight is 390 g/mol. The van der Waals surface area contributed by atoms with Crippen molar-refractivity contribution in [3.8, 4) is 5.69 Å². The minimum atomic E-state index is -0.380. The van der Waals surface area contributed by atoms with Crippen LogP contribution in [-0.4, -0.2) is 56.8 Å². The van der Waals surface area contributed by atoms with Gasteiger partial charge < -0.3 is 4.74 Å². The predicted molar refractivity (Wildman–Crippen MR) is 101 cm³/mol. The Morgan fingerprint density at radius 1 is 1.19 bits per heavy atom. The fourth-order valence-electron chi connectivity index (χ4n) is 4.15. The second-order valence-electron chi connectivity index (χ2n) is 7.46. The topological polar surface area (TPSA) is 48.1 Å². The van der Waals surface area contributed by atoms with Crippen molar-refractivity contribution in [3.05, 3.63) is 41.1 Å². The van der Waals surface area contributed by atoms with Gasteiger partial charge in [0.15, 0.2) is 5.82 Å². The van der Waals surface area contributed by atoms with Crippen molar-refractivity contribution in [2.45, 2.75) is 24.8 Å². The standard InChI is InChI=1S/C19H21ClFN5O/c1-24-9-13(7-22-24)26-17-6-15(18(20)19(21)16(17)8-23-26)12-2-4-25(5-3-12)14-10-27-11-14/h6-9,12,14H,2-5,10-11H2,1H3. The van der Waals surface area contributed by atoms with Gasteiger partial charge in [0.2, 0.25) is 0 Å². The number of rotatable bonds is 3. The molecule has 2 aliphatic rings. The fraction of sp³-hybridized carbons (Fsp3) is 0.474. The SMILES string of the molecule is Cn1cc(-n2ncc3c(F)c(Cl)c(C4CCN(C5COC5)CC4)cc32)cn1. The van der Waals surface area contributed by atoms with Crippen molar-refractivity contribution >= 4 is 22.5 Å². The molecule has 0 amide bonds. The number of hydrogen-bond donors (Lipinski definition) is 0. The molecule has 27 heavy (non-hydrogen) atoms. The Labute approximate surface area is 161 Å². The van der Waals surface area contributed by atoms with E-state index in [1.54, 1.807) is 15.6 Å². The minimum absolute atomic E-state index is 0.235. The van der Waals surface area contributed by atoms with E-state index < -0.39 is 0 Å². The Balaban J connectivity index is 1.50. The summed E-state index contributed by atoms with van der Waals surface area (Å²) in [7, 11) is 1.85. The van der Waals surface area contributed by atoms with E-state index in [0.29, 0.717) is 11.4 Å². The van der Waals surface area contributed by atoms with Gasteiger partial charge in [0.05, 0.1) is 53.8 Å². The molecule has 142 valence electrons. The van der Waals surface area contributed by atoms with Gasteiger partial charge in [-0.1, -0.05) is 11.6 Å². The van der Waals surface area contributed by atoms with E-state index in [1.165, 1.54) is 6.20 Å². The second kappa shape index (κ2) is 6.58. The third-order valence-electron chi connectivity index (χ3n) is 5.82. The summed E-state index contributed by atoms with van der Waals surface area (Å²) in [6, 6.07) is 2.56. The highest BCUT2D eigenvalue weighted by Gasteiger charge is 2.31. The van der Waals surface area contributed by atoms with Crippen molar-refractivity contribution in [1.29, 1.82) is 0 Å². The number of nitrogens with zero attached hydrogens (tertiary/aromatic N) is 5. The summed E-state index contributed by atoms with van der Waals surface area (Å²) in [5.41, 5.74) is 2.42. The first-order valence-electron chi connectivity index (χ1n) is 9.28. The molecule has 4 heterocycles. The molecule has 0 spiro atoms. The zero-order valence-electron chi connectivity index (χ0n) is 15.1. The van der Waals surface area contributed by atoms with E-state index in [0.717, 1.165) is 55.9 Å². The van der Waals surface area contributed by atoms with E-state index in [2.05, 4.69) is 15.1 Å². The minimum Gasteiger partial charge on any atom is -0.378 e. The lowest BCUT2D eigenvalue weighted by Gasteiger charge is -2.41. The molecule has 5 rings (SSSR count). The van der Waals surface area contributed by atoms with Gasteiger partial charge in [0.25, 0.3) is 0 Å². The van der Waals surface area contributed by atoms with E-state index in [4.69, 9.17) is 16.3 Å². The van der Waals surface area contributed by atoms with Crippen LogP contribution in [0.25, 0.3) is 16.6 Å². The van der Waals surface area contributed by atoms with Crippen molar-refractivity contribution in [2.24, 2.45) is 7.05 Å². The van der Waals surface area contributed by atoms with Crippen LogP contribution in [0.4, 0.5) is 4.39 Å². The van der Waals surface area contributed by atoms with Crippen molar-refractivity contribution in [3.63, 3.8) is 0 Å². The Morgan fingerprint density at radius 2 is 1.96 bits per heavy atom. The number of fused-ring (bicyclic) bond motifs is 1. The highest BCUT2D eigenvalue weighted by molar-refractivity contribution is 6.32. The number of halogens is 2. The quantitative estimate of drug-likeness (QED) is 0.690. The zero-order chi connectivity index (χ0) is 18.5. The largest absolute Gasteiger partial charge is 0.378 e. The lowest BCUT2D eigenvalue weighted by molar-refractivity contribution is -0.0712. The lowest BCUT2D eigenvalue weighted by atomic mass is 9.88. The van der Waals surface area contributed by atoms with Crippen LogP contribution < -0.4 is 0 Å². The third kappa shape index (κ3) is 2.85. The summed E-state index contributed by atoms with van der Waals surface area (Å²) in [4.78, 5) is 2.47. The molecule has 0 atom stereocenters. The van der Waals surface area contributed by atoms with Crippen LogP contribution >= 0.6 is 11.6 Å². The molecular weight excluding hydrogens is 369 g/mol. The van der Waals surface area contributed by atoms with Gasteiger partial charge in [-0.3, -0.25) is 9.58 Å². The second-order valence-corrected chi connectivity index (χ2v) is 7.83. The number of likely N-dealkylation sites (tertiary alicyclic amines) is 1. The van der Waals surface area contributed by atoms with Gasteiger partial charge in [0.1, 0.15) is 5.69 Å². The van der Waals surface area contributed by atoms with Crippen molar-refractivity contribution in [2.75, 3.05) is 26.3 Å². The van der Waals surface area contributed by atoms with Crippen LogP contribution in [0.15, 0.2) is 24.7 Å². The molecule has 8 heteroatoms. The normalized spacial score (nSPS) is 19.7. The van der Waals surface area contributed by atoms with Crippen molar-refractivity contribution in [1.82, 2.24) is 24.5 Å². The van der Waals surface area contributed by atoms with Crippen LogP contribution in [0.3, 0.4) is 0 Å². The number of hydrogen-bond acceptors (Lipinski definition) is 4. The van der Waals surface area contributed by atoms with Crippen LogP contribution in [0, 0.1) is 5.82 Å². The third-order valence-corrected chi connectivity index (χ3v) is 6.21. The Morgan fingerprint density at radius 3 is 2.59 bits per heavy atom. The molecule has 2 saturated heterocycles. The number of piperidine rings is 1. The molecule has 0 saturated carbocycles. The molecule has 2 aliphatic heterocycles. The highest BCUT2D eigenvalue weighted by Crippen LogP contribution is 2.38. The maximum Gasteiger partial charge on any atom is 0.153 e. The van der Waals surface area contributed by atoms with Crippen LogP contribution in [0.5, 0.6) is 0 Å². The number of benzene rings is 1. The summed E-state index contributed by atoms with van der Waals surface area (Å²) < 4.78 is 23.7. The predicted octanol–water partition coefficient (Wildman–Crippen LogP) is 3.13. The van der Waals surface area contributed by atoms with Gasteiger partial charge in [0, 0.05) is 7.05 Å². The lowest BCUT2D eigenvalue weighted by Crippen LogP contribution is -2.51. The van der Waals surface area contributed by atoms with Crippen LogP contribution in [0.2, 0.25) is 5.02 Å². The van der Waals surface area contributed by atoms with Crippen molar-refractivity contribution < 1.29 is 9.13 Å².